The van der Waals surface area contributed by atoms with Crippen molar-refractivity contribution in [2.24, 2.45) is 124 Å². The van der Waals surface area contributed by atoms with Gasteiger partial charge in [-0.25, -0.2) is 17.2 Å². The monoisotopic (exact) mass is 1100 g/mol. The van der Waals surface area contributed by atoms with Crippen LogP contribution in [0.3, 0.4) is 0 Å². The number of alkyl halides is 6. The summed E-state index contributed by atoms with van der Waals surface area (Å²) in [7, 11) is -11.4. The Balaban J connectivity index is 0.000000202. The van der Waals surface area contributed by atoms with E-state index in [9.17, 15) is 48.1 Å². The van der Waals surface area contributed by atoms with Crippen molar-refractivity contribution >= 4 is 83.3 Å². The molecule has 22 atom stereocenters. The van der Waals surface area contributed by atoms with Gasteiger partial charge in [0.15, 0.2) is 10.1 Å². The number of halogens is 6. The SMILES string of the molecule is C.CC(F)(F)CC1CC2CC1C1C3CCC(C3)C21.O=S(=O)([O-])C(F)(F)CC1CC2CC1C1C3CCC(C3)C21.O=S(=O)=S(=O)=O.O=S([O-])C(F)(F)CC1CC2CC1C1C3CCC(C3)C21.OO.[Na+].[Na+].[Na][Na]. The second-order valence-corrected chi connectivity index (χ2v) is 27.5. The quantitative estimate of drug-likeness (QED) is 0.0688. The third-order valence-corrected chi connectivity index (χ3v) is 22.4. The predicted octanol–water partition coefficient (Wildman–Crippen LogP) is 2.91. The molecule has 0 amide bonds. The van der Waals surface area contributed by atoms with Crippen LogP contribution in [0.2, 0.25) is 0 Å². The summed E-state index contributed by atoms with van der Waals surface area (Å²) in [5, 5.41) is 4.39. The van der Waals surface area contributed by atoms with Gasteiger partial charge >= 0.3 is 132 Å². The fourth-order valence-corrected chi connectivity index (χ4v) is 19.8. The third-order valence-electron chi connectivity index (χ3n) is 20.0. The van der Waals surface area contributed by atoms with Crippen LogP contribution in [0.1, 0.15) is 130 Å². The summed E-state index contributed by atoms with van der Waals surface area (Å²) in [5.41, 5.74) is 0. The fourth-order valence-electron chi connectivity index (χ4n) is 19.1. The Bertz CT molecular complexity index is 2120. The molecule has 0 heterocycles. The molecule has 0 aromatic heterocycles. The van der Waals surface area contributed by atoms with Gasteiger partial charge in [0, 0.05) is 30.3 Å². The normalized spacial score (nSPS) is 43.5. The molecule has 12 saturated carbocycles. The van der Waals surface area contributed by atoms with Gasteiger partial charge in [0.2, 0.25) is 5.92 Å². The van der Waals surface area contributed by atoms with Gasteiger partial charge in [0.05, 0.1) is 0 Å². The minimum atomic E-state index is -5.52. The van der Waals surface area contributed by atoms with Crippen molar-refractivity contribution in [2.75, 3.05) is 0 Å². The van der Waals surface area contributed by atoms with Crippen LogP contribution in [0.15, 0.2) is 0 Å². The first kappa shape index (κ1) is 64.7. The van der Waals surface area contributed by atoms with Crippen LogP contribution in [0, 0.1) is 124 Å². The van der Waals surface area contributed by atoms with Gasteiger partial charge in [-0.15, -0.1) is 0 Å². The Labute approximate surface area is 482 Å². The molecule has 12 aliphatic rings. The molecular formula is C44H66F6Na4O11S4. The summed E-state index contributed by atoms with van der Waals surface area (Å²) in [4.78, 5) is 0. The van der Waals surface area contributed by atoms with Crippen molar-refractivity contribution in [2.45, 2.75) is 146 Å². The molecule has 12 fully saturated rings. The van der Waals surface area contributed by atoms with Crippen LogP contribution in [0.5, 0.6) is 0 Å². The first-order chi connectivity index (χ1) is 30.9. The maximum absolute atomic E-state index is 13.5. The zero-order valence-corrected chi connectivity index (χ0v) is 51.1. The summed E-state index contributed by atoms with van der Waals surface area (Å²) in [5.74, 6) is 10.4. The van der Waals surface area contributed by atoms with Gasteiger partial charge in [-0.2, -0.15) is 34.4 Å². The zero-order chi connectivity index (χ0) is 48.6. The predicted molar refractivity (Wildman–Crippen MR) is 237 cm³/mol. The molecule has 12 aliphatic carbocycles. The molecule has 0 aliphatic heterocycles. The molecule has 22 unspecified atom stereocenters. The van der Waals surface area contributed by atoms with E-state index >= 15 is 0 Å². The number of fused-ring (bicyclic) bond motifs is 27. The van der Waals surface area contributed by atoms with Crippen LogP contribution >= 0.6 is 0 Å². The Morgan fingerprint density at radius 3 is 1.04 bits per heavy atom. The van der Waals surface area contributed by atoms with E-state index < -0.39 is 69.0 Å². The molecule has 25 heteroatoms. The average molecular weight is 1110 g/mol. The first-order valence-corrected chi connectivity index (χ1v) is 37.6. The van der Waals surface area contributed by atoms with E-state index in [-0.39, 0.29) is 90.7 Å². The molecule has 2 N–H and O–H groups in total. The van der Waals surface area contributed by atoms with Crippen LogP contribution in [0.25, 0.3) is 0 Å². The van der Waals surface area contributed by atoms with E-state index in [0.29, 0.717) is 59.7 Å². The molecule has 0 spiro atoms. The number of hydrogen-bond acceptors (Lipinski definition) is 11. The van der Waals surface area contributed by atoms with Gasteiger partial charge in [0.25, 0.3) is 0 Å². The van der Waals surface area contributed by atoms with Gasteiger partial charge < -0.3 is 9.11 Å². The molecule has 69 heavy (non-hydrogen) atoms. The van der Waals surface area contributed by atoms with Crippen LogP contribution in [-0.2, 0) is 39.7 Å². The summed E-state index contributed by atoms with van der Waals surface area (Å²) < 4.78 is 170. The Morgan fingerprint density at radius 1 is 0.507 bits per heavy atom. The molecule has 0 aromatic carbocycles. The van der Waals surface area contributed by atoms with Crippen molar-refractivity contribution in [1.29, 1.82) is 0 Å². The van der Waals surface area contributed by atoms with Crippen LogP contribution < -0.4 is 59.1 Å². The molecule has 378 valence electrons. The van der Waals surface area contributed by atoms with Crippen molar-refractivity contribution in [3.8, 4) is 0 Å². The molecule has 12 bridgehead atoms. The van der Waals surface area contributed by atoms with Gasteiger partial charge in [0.1, 0.15) is 0 Å². The Kier molecular flexibility index (Phi) is 23.9. The third kappa shape index (κ3) is 13.3. The van der Waals surface area contributed by atoms with Crippen molar-refractivity contribution in [3.05, 3.63) is 0 Å². The topological polar surface area (TPSA) is 206 Å². The number of rotatable bonds is 8. The second-order valence-electron chi connectivity index (χ2n) is 22.5. The standard InChI is InChI=1S/C15H22F2.C14H20F2O3S.C14H20F2O2S.CH4.4Na.O4S2.H2O2/c1-15(16,17)7-11-5-10-6-12(11)14-9-3-2-8(4-9)13(10)14;15-14(16,20(17,18)19)6-10-4-9-5-11(10)13-8-2-1-7(3-8)12(9)13;15-14(16,19(17)18)6-10-4-9-5-11(10)13-8-2-1-7(3-8)12(9)13;;;;;;1-5(2)6(3)4;1-2/h8-14H,2-7H2,1H3;7-13H,1-6H2,(H,17,18,19);7-13H,1-6H2,(H,17,18);1H4;;;;;;1-2H/q;;;;;;2*+1;;/p-2. The molecular weight excluding hydrogens is 1040 g/mol. The zero-order valence-electron chi connectivity index (χ0n) is 39.8. The molecule has 11 nitrogen and oxygen atoms in total. The first-order valence-electron chi connectivity index (χ1n) is 24.5. The Hall–Kier alpha value is 3.16. The summed E-state index contributed by atoms with van der Waals surface area (Å²) in [6.07, 6.45) is 17.0. The fraction of sp³-hybridized carbons (Fsp3) is 1.00. The molecule has 0 aromatic rings. The molecule has 0 radical (unpaired) electrons. The summed E-state index contributed by atoms with van der Waals surface area (Å²) >= 11 is -0.377. The van der Waals surface area contributed by atoms with E-state index in [1.165, 1.54) is 108 Å². The van der Waals surface area contributed by atoms with E-state index in [1.807, 2.05) is 0 Å². The van der Waals surface area contributed by atoms with Crippen LogP contribution in [-0.4, -0.2) is 109 Å². The molecule has 12 rings (SSSR count). The number of hydrogen-bond donors (Lipinski definition) is 2. The van der Waals surface area contributed by atoms with E-state index in [0.717, 1.165) is 85.9 Å². The van der Waals surface area contributed by atoms with Crippen molar-refractivity contribution in [3.63, 3.8) is 0 Å². The van der Waals surface area contributed by atoms with E-state index in [2.05, 4.69) is 0 Å². The average Bonchev–Trinajstić information content (AvgIpc) is 4.09. The Morgan fingerprint density at radius 2 is 0.783 bits per heavy atom. The van der Waals surface area contributed by atoms with Crippen molar-refractivity contribution in [1.82, 2.24) is 0 Å². The summed E-state index contributed by atoms with van der Waals surface area (Å²) in [6.45, 7) is 1.11. The second kappa shape index (κ2) is 25.5. The van der Waals surface area contributed by atoms with Crippen LogP contribution in [0.4, 0.5) is 26.3 Å². The van der Waals surface area contributed by atoms with Gasteiger partial charge in [-0.05, 0) is 228 Å². The summed E-state index contributed by atoms with van der Waals surface area (Å²) in [6, 6.07) is 0. The van der Waals surface area contributed by atoms with E-state index in [4.69, 9.17) is 27.4 Å². The van der Waals surface area contributed by atoms with Crippen molar-refractivity contribution < 1.29 is 135 Å². The van der Waals surface area contributed by atoms with E-state index in [1.54, 1.807) is 0 Å². The minimum absolute atomic E-state index is 0. The van der Waals surface area contributed by atoms with Gasteiger partial charge in [-0.1, -0.05) is 7.43 Å². The maximum atomic E-state index is 13.5. The molecule has 0 saturated heterocycles. The van der Waals surface area contributed by atoms with Gasteiger partial charge in [-0.3, -0.25) is 14.7 Å².